The molecule has 3 nitrogen and oxygen atoms in total. The number of pyridine rings is 1. The van der Waals surface area contributed by atoms with Crippen LogP contribution in [0.3, 0.4) is 0 Å². The first-order valence-corrected chi connectivity index (χ1v) is 4.57. The summed E-state index contributed by atoms with van der Waals surface area (Å²) < 4.78 is 0. The smallest absolute Gasteiger partial charge is 0.0581 e. The molecule has 0 aliphatic heterocycles. The van der Waals surface area contributed by atoms with Crippen molar-refractivity contribution in [1.82, 2.24) is 10.3 Å². The Morgan fingerprint density at radius 3 is 3.00 bits per heavy atom. The van der Waals surface area contributed by atoms with Gasteiger partial charge in [0.1, 0.15) is 0 Å². The van der Waals surface area contributed by atoms with E-state index in [2.05, 4.69) is 10.3 Å². The second kappa shape index (κ2) is 5.67. The Bertz CT molecular complexity index is 226. The third-order valence-corrected chi connectivity index (χ3v) is 1.87. The third-order valence-electron chi connectivity index (χ3n) is 1.87. The quantitative estimate of drug-likeness (QED) is 0.697. The van der Waals surface area contributed by atoms with Crippen molar-refractivity contribution < 1.29 is 5.11 Å². The van der Waals surface area contributed by atoms with Crippen LogP contribution in [0.25, 0.3) is 0 Å². The summed E-state index contributed by atoms with van der Waals surface area (Å²) in [6.07, 6.45) is 2.70. The summed E-state index contributed by atoms with van der Waals surface area (Å²) in [6.45, 7) is 3.00. The van der Waals surface area contributed by atoms with Crippen molar-refractivity contribution in [2.75, 3.05) is 13.2 Å². The average molecular weight is 180 g/mol. The van der Waals surface area contributed by atoms with Crippen LogP contribution in [0, 0.1) is 0 Å². The lowest BCUT2D eigenvalue weighted by atomic mass is 10.2. The predicted octanol–water partition coefficient (Wildman–Crippen LogP) is 0.594. The molecule has 1 unspecified atom stereocenters. The molecular formula is C10H16N2O. The van der Waals surface area contributed by atoms with E-state index in [0.717, 1.165) is 18.7 Å². The minimum Gasteiger partial charge on any atom is -0.395 e. The maximum atomic E-state index is 8.75. The first-order valence-electron chi connectivity index (χ1n) is 4.57. The van der Waals surface area contributed by atoms with Crippen LogP contribution in [-0.2, 0) is 6.42 Å². The highest BCUT2D eigenvalue weighted by Gasteiger charge is 1.97. The third kappa shape index (κ3) is 4.01. The van der Waals surface area contributed by atoms with E-state index in [9.17, 15) is 0 Å². The van der Waals surface area contributed by atoms with Crippen LogP contribution in [0.2, 0.25) is 0 Å². The highest BCUT2D eigenvalue weighted by atomic mass is 16.3. The van der Waals surface area contributed by atoms with E-state index in [1.165, 1.54) is 0 Å². The topological polar surface area (TPSA) is 45.1 Å². The number of rotatable bonds is 5. The number of aliphatic hydroxyl groups excluding tert-OH is 1. The Kier molecular flexibility index (Phi) is 4.43. The van der Waals surface area contributed by atoms with Crippen molar-refractivity contribution in [3.05, 3.63) is 30.1 Å². The first-order chi connectivity index (χ1) is 6.33. The number of nitrogens with zero attached hydrogens (tertiary/aromatic N) is 1. The summed E-state index contributed by atoms with van der Waals surface area (Å²) in [5.74, 6) is 0. The van der Waals surface area contributed by atoms with Gasteiger partial charge in [-0.3, -0.25) is 4.98 Å². The molecule has 0 amide bonds. The molecule has 1 aromatic rings. The molecule has 0 aromatic carbocycles. The number of aromatic nitrogens is 1. The van der Waals surface area contributed by atoms with Crippen LogP contribution in [0.1, 0.15) is 12.6 Å². The molecule has 2 N–H and O–H groups in total. The van der Waals surface area contributed by atoms with Gasteiger partial charge < -0.3 is 10.4 Å². The van der Waals surface area contributed by atoms with Gasteiger partial charge in [0.15, 0.2) is 0 Å². The predicted molar refractivity (Wildman–Crippen MR) is 52.5 cm³/mol. The molecular weight excluding hydrogens is 164 g/mol. The van der Waals surface area contributed by atoms with Crippen molar-refractivity contribution in [2.24, 2.45) is 0 Å². The number of hydrogen-bond acceptors (Lipinski definition) is 3. The fraction of sp³-hybridized carbons (Fsp3) is 0.500. The molecule has 0 spiro atoms. The van der Waals surface area contributed by atoms with Gasteiger partial charge in [0.25, 0.3) is 0 Å². The standard InChI is InChI=1S/C10H16N2O/c1-9(8-13)11-7-5-10-4-2-3-6-12-10/h2-4,6,9,11,13H,5,7-8H2,1H3. The minimum atomic E-state index is 0.170. The molecule has 0 saturated carbocycles. The number of hydrogen-bond donors (Lipinski definition) is 2. The second-order valence-electron chi connectivity index (χ2n) is 3.11. The van der Waals surface area contributed by atoms with Crippen LogP contribution in [0.4, 0.5) is 0 Å². The van der Waals surface area contributed by atoms with E-state index in [0.29, 0.717) is 0 Å². The molecule has 1 atom stereocenters. The van der Waals surface area contributed by atoms with Gasteiger partial charge in [-0.2, -0.15) is 0 Å². The SMILES string of the molecule is CC(CO)NCCc1ccccn1. The molecule has 1 rings (SSSR count). The minimum absolute atomic E-state index is 0.170. The van der Waals surface area contributed by atoms with E-state index >= 15 is 0 Å². The lowest BCUT2D eigenvalue weighted by Gasteiger charge is -2.09. The zero-order chi connectivity index (χ0) is 9.52. The first kappa shape index (κ1) is 10.2. The molecule has 0 fully saturated rings. The van der Waals surface area contributed by atoms with Crippen LogP contribution in [-0.4, -0.2) is 29.3 Å². The van der Waals surface area contributed by atoms with Crippen LogP contribution in [0.15, 0.2) is 24.4 Å². The van der Waals surface area contributed by atoms with E-state index in [4.69, 9.17) is 5.11 Å². The molecule has 0 bridgehead atoms. The highest BCUT2D eigenvalue weighted by Crippen LogP contribution is 1.93. The molecule has 0 radical (unpaired) electrons. The number of aliphatic hydroxyl groups is 1. The summed E-state index contributed by atoms with van der Waals surface area (Å²) >= 11 is 0. The normalized spacial score (nSPS) is 12.8. The van der Waals surface area contributed by atoms with E-state index in [-0.39, 0.29) is 12.6 Å². The van der Waals surface area contributed by atoms with E-state index in [1.807, 2.05) is 25.1 Å². The molecule has 0 aliphatic carbocycles. The molecule has 0 aliphatic rings. The maximum Gasteiger partial charge on any atom is 0.0581 e. The number of nitrogens with one attached hydrogen (secondary N) is 1. The molecule has 13 heavy (non-hydrogen) atoms. The Morgan fingerprint density at radius 1 is 1.54 bits per heavy atom. The van der Waals surface area contributed by atoms with Gasteiger partial charge in [-0.15, -0.1) is 0 Å². The summed E-state index contributed by atoms with van der Waals surface area (Å²) in [6, 6.07) is 6.07. The van der Waals surface area contributed by atoms with Gasteiger partial charge in [-0.25, -0.2) is 0 Å². The monoisotopic (exact) mass is 180 g/mol. The van der Waals surface area contributed by atoms with Crippen molar-refractivity contribution in [2.45, 2.75) is 19.4 Å². The van der Waals surface area contributed by atoms with E-state index < -0.39 is 0 Å². The van der Waals surface area contributed by atoms with Gasteiger partial charge in [0, 0.05) is 30.9 Å². The summed E-state index contributed by atoms with van der Waals surface area (Å²) in [5, 5.41) is 11.9. The van der Waals surface area contributed by atoms with Gasteiger partial charge in [0.2, 0.25) is 0 Å². The Labute approximate surface area is 78.8 Å². The second-order valence-corrected chi connectivity index (χ2v) is 3.11. The fourth-order valence-corrected chi connectivity index (χ4v) is 1.06. The Hall–Kier alpha value is -0.930. The van der Waals surface area contributed by atoms with Crippen LogP contribution < -0.4 is 5.32 Å². The molecule has 72 valence electrons. The van der Waals surface area contributed by atoms with Crippen molar-refractivity contribution in [3.63, 3.8) is 0 Å². The average Bonchev–Trinajstić information content (AvgIpc) is 2.19. The zero-order valence-corrected chi connectivity index (χ0v) is 7.90. The van der Waals surface area contributed by atoms with E-state index in [1.54, 1.807) is 6.20 Å². The van der Waals surface area contributed by atoms with Crippen molar-refractivity contribution >= 4 is 0 Å². The maximum absolute atomic E-state index is 8.75. The van der Waals surface area contributed by atoms with Gasteiger partial charge in [-0.05, 0) is 19.1 Å². The molecule has 3 heteroatoms. The lowest BCUT2D eigenvalue weighted by Crippen LogP contribution is -2.31. The van der Waals surface area contributed by atoms with Crippen molar-refractivity contribution in [1.29, 1.82) is 0 Å². The Morgan fingerprint density at radius 2 is 2.38 bits per heavy atom. The molecule has 1 heterocycles. The Balaban J connectivity index is 2.20. The largest absolute Gasteiger partial charge is 0.395 e. The van der Waals surface area contributed by atoms with Gasteiger partial charge in [0.05, 0.1) is 6.61 Å². The summed E-state index contributed by atoms with van der Waals surface area (Å²) in [7, 11) is 0. The highest BCUT2D eigenvalue weighted by molar-refractivity contribution is 5.03. The summed E-state index contributed by atoms with van der Waals surface area (Å²) in [4.78, 5) is 4.20. The lowest BCUT2D eigenvalue weighted by molar-refractivity contribution is 0.252. The van der Waals surface area contributed by atoms with Crippen LogP contribution in [0.5, 0.6) is 0 Å². The summed E-state index contributed by atoms with van der Waals surface area (Å²) in [5.41, 5.74) is 1.08. The van der Waals surface area contributed by atoms with Gasteiger partial charge >= 0.3 is 0 Å². The molecule has 0 saturated heterocycles. The molecule has 1 aromatic heterocycles. The zero-order valence-electron chi connectivity index (χ0n) is 7.90. The van der Waals surface area contributed by atoms with Gasteiger partial charge in [-0.1, -0.05) is 6.07 Å². The van der Waals surface area contributed by atoms with Crippen molar-refractivity contribution in [3.8, 4) is 0 Å². The fourth-order valence-electron chi connectivity index (χ4n) is 1.06. The van der Waals surface area contributed by atoms with Crippen LogP contribution >= 0.6 is 0 Å².